The van der Waals surface area contributed by atoms with Gasteiger partial charge in [-0.15, -0.1) is 0 Å². The molecule has 0 amide bonds. The second-order valence-electron chi connectivity index (χ2n) is 9.69. The maximum atomic E-state index is 14.0. The quantitative estimate of drug-likeness (QED) is 0.520. The molecule has 5 unspecified atom stereocenters. The van der Waals surface area contributed by atoms with Crippen molar-refractivity contribution < 1.29 is 36.2 Å². The number of rotatable bonds is 7. The third-order valence-corrected chi connectivity index (χ3v) is 7.72. The summed E-state index contributed by atoms with van der Waals surface area (Å²) < 4.78 is 88.8. The molecule has 0 bridgehead atoms. The fraction of sp³-hybridized carbons (Fsp3) is 1.00. The van der Waals surface area contributed by atoms with Crippen molar-refractivity contribution >= 4 is 0 Å². The van der Waals surface area contributed by atoms with Crippen molar-refractivity contribution in [3.05, 3.63) is 0 Å². The third-order valence-electron chi connectivity index (χ3n) is 7.72. The first-order valence-electron chi connectivity index (χ1n) is 11.7. The Morgan fingerprint density at radius 1 is 0.903 bits per heavy atom. The lowest BCUT2D eigenvalue weighted by Crippen LogP contribution is -2.66. The molecule has 5 atom stereocenters. The van der Waals surface area contributed by atoms with Gasteiger partial charge in [0.1, 0.15) is 12.2 Å². The molecular formula is C22H35F6NO2. The number of alkyl halides is 6. The minimum Gasteiger partial charge on any atom is -0.396 e. The maximum Gasteiger partial charge on any atom is 0.404 e. The van der Waals surface area contributed by atoms with Gasteiger partial charge in [0, 0.05) is 25.0 Å². The van der Waals surface area contributed by atoms with Gasteiger partial charge in [0.15, 0.2) is 0 Å². The van der Waals surface area contributed by atoms with Crippen LogP contribution in [0.3, 0.4) is 0 Å². The van der Waals surface area contributed by atoms with E-state index in [1.54, 1.807) is 0 Å². The molecule has 1 saturated heterocycles. The normalized spacial score (nSPS) is 38.5. The molecule has 9 heteroatoms. The number of nitrogens with one attached hydrogen (secondary N) is 1. The molecule has 182 valence electrons. The minimum absolute atomic E-state index is 0.194. The van der Waals surface area contributed by atoms with Crippen molar-refractivity contribution in [2.24, 2.45) is 29.6 Å². The Hall–Kier alpha value is -0.540. The molecule has 3 rings (SSSR count). The summed E-state index contributed by atoms with van der Waals surface area (Å²) in [4.78, 5) is 0. The van der Waals surface area contributed by atoms with Gasteiger partial charge in [0.05, 0.1) is 12.6 Å². The zero-order valence-electron chi connectivity index (χ0n) is 17.8. The van der Waals surface area contributed by atoms with Crippen molar-refractivity contribution in [2.75, 3.05) is 19.8 Å². The molecule has 1 heterocycles. The Morgan fingerprint density at radius 2 is 1.55 bits per heavy atom. The molecule has 0 spiro atoms. The van der Waals surface area contributed by atoms with Crippen molar-refractivity contribution in [1.29, 1.82) is 0 Å². The SMILES string of the molecule is OCC1C(C(F)F)NC(C(F)(F)F)C(COCC2CCCCC2)C1C1CCC(F)CC1. The highest BCUT2D eigenvalue weighted by molar-refractivity contribution is 5.03. The maximum absolute atomic E-state index is 14.0. The lowest BCUT2D eigenvalue weighted by atomic mass is 9.62. The van der Waals surface area contributed by atoms with Gasteiger partial charge in [0.2, 0.25) is 0 Å². The van der Waals surface area contributed by atoms with E-state index in [9.17, 15) is 31.4 Å². The molecule has 0 aromatic rings. The molecule has 0 aromatic heterocycles. The van der Waals surface area contributed by atoms with Crippen LogP contribution in [0.4, 0.5) is 26.3 Å². The van der Waals surface area contributed by atoms with Crippen LogP contribution in [0.2, 0.25) is 0 Å². The average molecular weight is 460 g/mol. The smallest absolute Gasteiger partial charge is 0.396 e. The van der Waals surface area contributed by atoms with Gasteiger partial charge in [-0.3, -0.25) is 5.32 Å². The Morgan fingerprint density at radius 3 is 2.10 bits per heavy atom. The Balaban J connectivity index is 1.81. The predicted octanol–water partition coefficient (Wildman–Crippen LogP) is 5.12. The van der Waals surface area contributed by atoms with Crippen molar-refractivity contribution in [3.8, 4) is 0 Å². The van der Waals surface area contributed by atoms with E-state index in [1.807, 2.05) is 0 Å². The second-order valence-corrected chi connectivity index (χ2v) is 9.69. The van der Waals surface area contributed by atoms with Crippen molar-refractivity contribution in [2.45, 2.75) is 88.6 Å². The van der Waals surface area contributed by atoms with E-state index in [4.69, 9.17) is 4.74 Å². The first-order valence-corrected chi connectivity index (χ1v) is 11.7. The summed E-state index contributed by atoms with van der Waals surface area (Å²) in [6.07, 6.45) is -2.31. The van der Waals surface area contributed by atoms with Crippen LogP contribution in [0.5, 0.6) is 0 Å². The van der Waals surface area contributed by atoms with E-state index in [0.29, 0.717) is 25.4 Å². The minimum atomic E-state index is -4.72. The number of aliphatic hydroxyl groups excluding tert-OH is 1. The summed E-state index contributed by atoms with van der Waals surface area (Å²) in [5.74, 6) is -2.92. The van der Waals surface area contributed by atoms with Crippen LogP contribution in [-0.2, 0) is 4.74 Å². The molecule has 3 aliphatic rings. The second kappa shape index (κ2) is 11.1. The first kappa shape index (κ1) is 25.1. The van der Waals surface area contributed by atoms with Crippen molar-refractivity contribution in [3.63, 3.8) is 0 Å². The van der Waals surface area contributed by atoms with Crippen LogP contribution >= 0.6 is 0 Å². The zero-order valence-corrected chi connectivity index (χ0v) is 17.8. The van der Waals surface area contributed by atoms with Crippen LogP contribution in [0.25, 0.3) is 0 Å². The Kier molecular flexibility index (Phi) is 8.95. The average Bonchev–Trinajstić information content (AvgIpc) is 2.73. The summed E-state index contributed by atoms with van der Waals surface area (Å²) in [6.45, 7) is -0.459. The summed E-state index contributed by atoms with van der Waals surface area (Å²) in [5.41, 5.74) is 0. The largest absolute Gasteiger partial charge is 0.404 e. The van der Waals surface area contributed by atoms with Crippen molar-refractivity contribution in [1.82, 2.24) is 5.32 Å². The topological polar surface area (TPSA) is 41.5 Å². The van der Waals surface area contributed by atoms with E-state index in [-0.39, 0.29) is 25.4 Å². The van der Waals surface area contributed by atoms with Crippen LogP contribution in [-0.4, -0.2) is 55.8 Å². The summed E-state index contributed by atoms with van der Waals surface area (Å²) >= 11 is 0. The molecule has 31 heavy (non-hydrogen) atoms. The predicted molar refractivity (Wildman–Crippen MR) is 105 cm³/mol. The molecule has 0 radical (unpaired) electrons. The van der Waals surface area contributed by atoms with Gasteiger partial charge in [-0.2, -0.15) is 13.2 Å². The van der Waals surface area contributed by atoms with E-state index >= 15 is 0 Å². The molecule has 2 saturated carbocycles. The molecular weight excluding hydrogens is 424 g/mol. The highest BCUT2D eigenvalue weighted by Gasteiger charge is 2.57. The fourth-order valence-electron chi connectivity index (χ4n) is 6.16. The van der Waals surface area contributed by atoms with Gasteiger partial charge < -0.3 is 9.84 Å². The molecule has 3 fully saturated rings. The number of ether oxygens (including phenoxy) is 1. The number of hydrogen-bond acceptors (Lipinski definition) is 3. The number of hydrogen-bond donors (Lipinski definition) is 2. The van der Waals surface area contributed by atoms with Gasteiger partial charge in [-0.1, -0.05) is 19.3 Å². The Bertz CT molecular complexity index is 535. The van der Waals surface area contributed by atoms with E-state index < -0.39 is 55.2 Å². The Labute approximate surface area is 180 Å². The fourth-order valence-corrected chi connectivity index (χ4v) is 6.16. The number of halogens is 6. The highest BCUT2D eigenvalue weighted by Crippen LogP contribution is 2.47. The van der Waals surface area contributed by atoms with Crippen LogP contribution < -0.4 is 5.32 Å². The summed E-state index contributed by atoms with van der Waals surface area (Å²) in [7, 11) is 0. The highest BCUT2D eigenvalue weighted by atomic mass is 19.4. The molecule has 1 aliphatic heterocycles. The molecule has 2 aliphatic carbocycles. The number of aliphatic hydroxyl groups is 1. The van der Waals surface area contributed by atoms with Gasteiger partial charge in [-0.25, -0.2) is 13.2 Å². The van der Waals surface area contributed by atoms with Gasteiger partial charge in [-0.05, 0) is 56.3 Å². The lowest BCUT2D eigenvalue weighted by Gasteiger charge is -2.51. The first-order chi connectivity index (χ1) is 14.7. The lowest BCUT2D eigenvalue weighted by molar-refractivity contribution is -0.208. The van der Waals surface area contributed by atoms with Crippen LogP contribution in [0.1, 0.15) is 57.8 Å². The van der Waals surface area contributed by atoms with E-state index in [0.717, 1.165) is 32.1 Å². The van der Waals surface area contributed by atoms with E-state index in [2.05, 4.69) is 5.32 Å². The standard InChI is InChI=1S/C22H35F6NO2/c23-15-8-6-14(7-9-15)18-16(10-30)19(21(24)25)29-20(22(26,27)28)17(18)12-31-11-13-4-2-1-3-5-13/h13-21,29-30H,1-12H2. The molecule has 3 nitrogen and oxygen atoms in total. The molecule has 0 aromatic carbocycles. The van der Waals surface area contributed by atoms with Crippen LogP contribution in [0.15, 0.2) is 0 Å². The van der Waals surface area contributed by atoms with Crippen LogP contribution in [0, 0.1) is 29.6 Å². The third kappa shape index (κ3) is 6.28. The monoisotopic (exact) mass is 459 g/mol. The summed E-state index contributed by atoms with van der Waals surface area (Å²) in [6, 6.07) is -3.88. The summed E-state index contributed by atoms with van der Waals surface area (Å²) in [5, 5.41) is 12.1. The number of piperidine rings is 1. The van der Waals surface area contributed by atoms with Gasteiger partial charge in [0.25, 0.3) is 6.43 Å². The zero-order chi connectivity index (χ0) is 22.6. The molecule has 2 N–H and O–H groups in total. The van der Waals surface area contributed by atoms with Gasteiger partial charge >= 0.3 is 6.18 Å². The van der Waals surface area contributed by atoms with E-state index in [1.165, 1.54) is 0 Å².